The van der Waals surface area contributed by atoms with Crippen molar-refractivity contribution in [1.29, 1.82) is 0 Å². The highest BCUT2D eigenvalue weighted by atomic mass is 32.1. The molecule has 2 atom stereocenters. The van der Waals surface area contributed by atoms with Crippen molar-refractivity contribution in [2.24, 2.45) is 0 Å². The Balaban J connectivity index is 1.39. The first-order chi connectivity index (χ1) is 16.2. The topological polar surface area (TPSA) is 52.7 Å². The second kappa shape index (κ2) is 10.4. The first-order valence-electron chi connectivity index (χ1n) is 12.7. The summed E-state index contributed by atoms with van der Waals surface area (Å²) in [5.74, 6) is -0.229. The van der Waals surface area contributed by atoms with Crippen LogP contribution in [0.15, 0.2) is 41.8 Å². The summed E-state index contributed by atoms with van der Waals surface area (Å²) < 4.78 is 0. The standard InChI is InChI=1S/C27H35N3O2S/c31-26(28-15-9-18-29-16-6-1-7-17-29)24-21-12-4-5-13-22(21)27(32)30(20-10-2-3-11-20)25(24)23-14-8-19-33-23/h4-5,8,12-14,19-20,24-25H,1-3,6-7,9-11,15-18H2,(H,28,31)/t24-,25+/m1/s1. The van der Waals surface area contributed by atoms with Crippen LogP contribution in [0.1, 0.15) is 84.1 Å². The molecule has 33 heavy (non-hydrogen) atoms. The molecule has 0 spiro atoms. The summed E-state index contributed by atoms with van der Waals surface area (Å²) >= 11 is 1.66. The molecule has 3 heterocycles. The third-order valence-electron chi connectivity index (χ3n) is 7.61. The Morgan fingerprint density at radius 3 is 2.55 bits per heavy atom. The van der Waals surface area contributed by atoms with Crippen molar-refractivity contribution in [3.63, 3.8) is 0 Å². The van der Waals surface area contributed by atoms with Crippen molar-refractivity contribution in [2.45, 2.75) is 69.4 Å². The van der Waals surface area contributed by atoms with E-state index in [1.54, 1.807) is 11.3 Å². The summed E-state index contributed by atoms with van der Waals surface area (Å²) in [5.41, 5.74) is 1.58. The number of nitrogens with zero attached hydrogens (tertiary/aromatic N) is 2. The highest BCUT2D eigenvalue weighted by Gasteiger charge is 2.47. The molecule has 2 fully saturated rings. The minimum Gasteiger partial charge on any atom is -0.355 e. The van der Waals surface area contributed by atoms with Gasteiger partial charge in [0.1, 0.15) is 0 Å². The number of hydrogen-bond donors (Lipinski definition) is 1. The Morgan fingerprint density at radius 2 is 1.79 bits per heavy atom. The number of hydrogen-bond acceptors (Lipinski definition) is 4. The van der Waals surface area contributed by atoms with Gasteiger partial charge < -0.3 is 15.1 Å². The minimum atomic E-state index is -0.367. The zero-order valence-corrected chi connectivity index (χ0v) is 20.2. The van der Waals surface area contributed by atoms with E-state index in [1.165, 1.54) is 32.4 Å². The Kier molecular flexibility index (Phi) is 7.12. The number of nitrogens with one attached hydrogen (secondary N) is 1. The first-order valence-corrected chi connectivity index (χ1v) is 13.6. The zero-order valence-electron chi connectivity index (χ0n) is 19.4. The van der Waals surface area contributed by atoms with Crippen LogP contribution in [0.5, 0.6) is 0 Å². The molecule has 3 aliphatic rings. The highest BCUT2D eigenvalue weighted by Crippen LogP contribution is 2.47. The molecular weight excluding hydrogens is 430 g/mol. The minimum absolute atomic E-state index is 0.0509. The molecule has 176 valence electrons. The van der Waals surface area contributed by atoms with Crippen molar-refractivity contribution in [1.82, 2.24) is 15.1 Å². The van der Waals surface area contributed by atoms with Crippen LogP contribution in [-0.4, -0.2) is 53.8 Å². The summed E-state index contributed by atoms with van der Waals surface area (Å²) in [5, 5.41) is 5.31. The van der Waals surface area contributed by atoms with Gasteiger partial charge in [-0.05, 0) is 74.8 Å². The molecule has 0 radical (unpaired) electrons. The summed E-state index contributed by atoms with van der Waals surface area (Å²) in [6.45, 7) is 4.09. The van der Waals surface area contributed by atoms with Gasteiger partial charge in [0, 0.05) is 23.0 Å². The van der Waals surface area contributed by atoms with Gasteiger partial charge in [-0.2, -0.15) is 0 Å². The Hall–Kier alpha value is -2.18. The molecule has 0 unspecified atom stereocenters. The van der Waals surface area contributed by atoms with E-state index in [-0.39, 0.29) is 29.8 Å². The van der Waals surface area contributed by atoms with Gasteiger partial charge in [0.25, 0.3) is 5.91 Å². The predicted octanol–water partition coefficient (Wildman–Crippen LogP) is 4.96. The number of benzene rings is 1. The van der Waals surface area contributed by atoms with Gasteiger partial charge >= 0.3 is 0 Å². The Morgan fingerprint density at radius 1 is 1.00 bits per heavy atom. The van der Waals surface area contributed by atoms with Crippen LogP contribution in [0, 0.1) is 0 Å². The van der Waals surface area contributed by atoms with Gasteiger partial charge in [0.2, 0.25) is 5.91 Å². The average molecular weight is 466 g/mol. The largest absolute Gasteiger partial charge is 0.355 e. The maximum atomic E-state index is 13.7. The SMILES string of the molecule is O=C(NCCCN1CCCCC1)[C@@H]1c2ccccc2C(=O)N(C2CCCC2)[C@H]1c1cccs1. The summed E-state index contributed by atoms with van der Waals surface area (Å²) in [6.07, 6.45) is 9.25. The highest BCUT2D eigenvalue weighted by molar-refractivity contribution is 7.10. The number of rotatable bonds is 7. The number of fused-ring (bicyclic) bond motifs is 1. The maximum Gasteiger partial charge on any atom is 0.254 e. The number of piperidine rings is 1. The molecule has 5 rings (SSSR count). The maximum absolute atomic E-state index is 13.7. The monoisotopic (exact) mass is 465 g/mol. The zero-order chi connectivity index (χ0) is 22.6. The molecule has 1 aromatic heterocycles. The fourth-order valence-electron chi connectivity index (χ4n) is 5.99. The molecular formula is C27H35N3O2S. The van der Waals surface area contributed by atoms with Crippen LogP contribution in [-0.2, 0) is 4.79 Å². The van der Waals surface area contributed by atoms with Crippen molar-refractivity contribution in [2.75, 3.05) is 26.2 Å². The lowest BCUT2D eigenvalue weighted by Crippen LogP contribution is -2.50. The smallest absolute Gasteiger partial charge is 0.254 e. The molecule has 1 aliphatic carbocycles. The number of carbonyl (C=O) groups is 2. The van der Waals surface area contributed by atoms with Crippen molar-refractivity contribution in [3.8, 4) is 0 Å². The van der Waals surface area contributed by atoms with Crippen LogP contribution in [0.3, 0.4) is 0 Å². The fourth-order valence-corrected chi connectivity index (χ4v) is 6.85. The van der Waals surface area contributed by atoms with E-state index < -0.39 is 0 Å². The summed E-state index contributed by atoms with van der Waals surface area (Å²) in [7, 11) is 0. The lowest BCUT2D eigenvalue weighted by Gasteiger charge is -2.44. The first kappa shape index (κ1) is 22.6. The Bertz CT molecular complexity index is 948. The summed E-state index contributed by atoms with van der Waals surface area (Å²) in [6, 6.07) is 11.9. The van der Waals surface area contributed by atoms with E-state index in [9.17, 15) is 9.59 Å². The molecule has 1 saturated heterocycles. The van der Waals surface area contributed by atoms with Crippen LogP contribution in [0.4, 0.5) is 0 Å². The van der Waals surface area contributed by atoms with Crippen LogP contribution < -0.4 is 5.32 Å². The number of carbonyl (C=O) groups excluding carboxylic acids is 2. The van der Waals surface area contributed by atoms with E-state index in [1.807, 2.05) is 30.3 Å². The van der Waals surface area contributed by atoms with E-state index >= 15 is 0 Å². The second-order valence-electron chi connectivity index (χ2n) is 9.72. The number of thiophene rings is 1. The molecule has 2 aromatic rings. The van der Waals surface area contributed by atoms with Gasteiger partial charge in [-0.3, -0.25) is 9.59 Å². The van der Waals surface area contributed by atoms with Crippen LogP contribution in [0.25, 0.3) is 0 Å². The lowest BCUT2D eigenvalue weighted by atomic mass is 9.80. The van der Waals surface area contributed by atoms with Gasteiger partial charge in [0.05, 0.1) is 12.0 Å². The van der Waals surface area contributed by atoms with Gasteiger partial charge in [-0.1, -0.05) is 43.5 Å². The molecule has 1 saturated carbocycles. The molecule has 2 aliphatic heterocycles. The molecule has 2 amide bonds. The van der Waals surface area contributed by atoms with Gasteiger partial charge in [-0.25, -0.2) is 0 Å². The third kappa shape index (κ3) is 4.73. The van der Waals surface area contributed by atoms with E-state index in [4.69, 9.17) is 0 Å². The number of likely N-dealkylation sites (tertiary alicyclic amines) is 1. The predicted molar refractivity (Wildman–Crippen MR) is 133 cm³/mol. The van der Waals surface area contributed by atoms with Crippen LogP contribution in [0.2, 0.25) is 0 Å². The fraction of sp³-hybridized carbons (Fsp3) is 0.556. The molecule has 1 aromatic carbocycles. The lowest BCUT2D eigenvalue weighted by molar-refractivity contribution is -0.124. The van der Waals surface area contributed by atoms with Gasteiger partial charge in [-0.15, -0.1) is 11.3 Å². The molecule has 5 nitrogen and oxygen atoms in total. The van der Waals surface area contributed by atoms with Crippen LogP contribution >= 0.6 is 11.3 Å². The second-order valence-corrected chi connectivity index (χ2v) is 10.7. The summed E-state index contributed by atoms with van der Waals surface area (Å²) in [4.78, 5) is 33.1. The Labute approximate surface area is 201 Å². The normalized spacial score (nSPS) is 24.1. The van der Waals surface area contributed by atoms with E-state index in [0.717, 1.165) is 49.1 Å². The van der Waals surface area contributed by atoms with Crippen molar-refractivity contribution in [3.05, 3.63) is 57.8 Å². The third-order valence-corrected chi connectivity index (χ3v) is 8.55. The van der Waals surface area contributed by atoms with Crippen molar-refractivity contribution >= 4 is 23.2 Å². The van der Waals surface area contributed by atoms with E-state index in [0.29, 0.717) is 12.1 Å². The van der Waals surface area contributed by atoms with Crippen molar-refractivity contribution < 1.29 is 9.59 Å². The molecule has 1 N–H and O–H groups in total. The van der Waals surface area contributed by atoms with Gasteiger partial charge in [0.15, 0.2) is 0 Å². The molecule has 0 bridgehead atoms. The number of amides is 2. The average Bonchev–Trinajstić information content (AvgIpc) is 3.57. The molecule has 6 heteroatoms. The van der Waals surface area contributed by atoms with E-state index in [2.05, 4.69) is 26.6 Å². The quantitative estimate of drug-likeness (QED) is 0.588.